The molecule has 1 fully saturated rings. The minimum Gasteiger partial charge on any atom is -0.491 e. The van der Waals surface area contributed by atoms with Crippen LogP contribution in [0.15, 0.2) is 24.3 Å². The zero-order valence-corrected chi connectivity index (χ0v) is 12.4. The number of para-hydroxylation sites is 1. The van der Waals surface area contributed by atoms with Gasteiger partial charge in [0.25, 0.3) is 0 Å². The lowest BCUT2D eigenvalue weighted by Crippen LogP contribution is -2.50. The van der Waals surface area contributed by atoms with E-state index in [1.54, 1.807) is 0 Å². The third-order valence-corrected chi connectivity index (χ3v) is 3.70. The number of hydrogen-bond donors (Lipinski definition) is 3. The molecule has 1 aliphatic carbocycles. The molecule has 1 saturated carbocycles. The smallest absolute Gasteiger partial charge is 0.419 e. The van der Waals surface area contributed by atoms with Crippen molar-refractivity contribution >= 4 is 6.03 Å². The van der Waals surface area contributed by atoms with Gasteiger partial charge in [-0.2, -0.15) is 13.2 Å². The third-order valence-electron chi connectivity index (χ3n) is 3.70. The summed E-state index contributed by atoms with van der Waals surface area (Å²) in [6, 6.07) is 4.42. The monoisotopic (exact) mass is 332 g/mol. The van der Waals surface area contributed by atoms with Crippen LogP contribution >= 0.6 is 0 Å². The van der Waals surface area contributed by atoms with Crippen molar-refractivity contribution in [2.24, 2.45) is 0 Å². The molecule has 0 aliphatic heterocycles. The highest BCUT2D eigenvalue weighted by Gasteiger charge is 2.35. The SMILES string of the molecule is O=C(NCCOc1ccccc1C(F)(F)F)NCC1(O)CCC1. The lowest BCUT2D eigenvalue weighted by Gasteiger charge is -2.36. The van der Waals surface area contributed by atoms with Crippen molar-refractivity contribution in [1.82, 2.24) is 10.6 Å². The number of benzene rings is 1. The second-order valence-corrected chi connectivity index (χ2v) is 5.53. The van der Waals surface area contributed by atoms with E-state index in [2.05, 4.69) is 10.6 Å². The highest BCUT2D eigenvalue weighted by atomic mass is 19.4. The number of urea groups is 1. The van der Waals surface area contributed by atoms with Gasteiger partial charge in [-0.3, -0.25) is 0 Å². The molecule has 23 heavy (non-hydrogen) atoms. The quantitative estimate of drug-likeness (QED) is 0.700. The molecule has 3 N–H and O–H groups in total. The molecule has 1 aliphatic rings. The van der Waals surface area contributed by atoms with Gasteiger partial charge in [-0.15, -0.1) is 0 Å². The molecule has 0 bridgehead atoms. The van der Waals surface area contributed by atoms with Crippen LogP contribution in [0.2, 0.25) is 0 Å². The van der Waals surface area contributed by atoms with Gasteiger partial charge in [0.1, 0.15) is 12.4 Å². The number of amides is 2. The van der Waals surface area contributed by atoms with Crippen molar-refractivity contribution in [2.75, 3.05) is 19.7 Å². The van der Waals surface area contributed by atoms with Gasteiger partial charge in [-0.1, -0.05) is 12.1 Å². The Hall–Kier alpha value is -1.96. The third kappa shape index (κ3) is 5.02. The predicted octanol–water partition coefficient (Wildman–Crippen LogP) is 2.30. The van der Waals surface area contributed by atoms with Gasteiger partial charge in [0, 0.05) is 6.54 Å². The molecule has 0 unspecified atom stereocenters. The van der Waals surface area contributed by atoms with E-state index < -0.39 is 23.4 Å². The van der Waals surface area contributed by atoms with E-state index in [9.17, 15) is 23.1 Å². The first-order valence-electron chi connectivity index (χ1n) is 7.33. The van der Waals surface area contributed by atoms with Crippen LogP contribution in [0.3, 0.4) is 0 Å². The van der Waals surface area contributed by atoms with Crippen molar-refractivity contribution in [1.29, 1.82) is 0 Å². The molecule has 1 aromatic rings. The Balaban J connectivity index is 1.70. The number of carbonyl (C=O) groups excluding carboxylic acids is 1. The summed E-state index contributed by atoms with van der Waals surface area (Å²) in [6.07, 6.45) is -2.24. The van der Waals surface area contributed by atoms with Crippen LogP contribution in [0.4, 0.5) is 18.0 Å². The van der Waals surface area contributed by atoms with Crippen LogP contribution in [-0.2, 0) is 6.18 Å². The summed E-state index contributed by atoms with van der Waals surface area (Å²) in [5.74, 6) is -0.272. The van der Waals surface area contributed by atoms with Crippen LogP contribution in [0.5, 0.6) is 5.75 Å². The molecule has 5 nitrogen and oxygen atoms in total. The maximum Gasteiger partial charge on any atom is 0.419 e. The average molecular weight is 332 g/mol. The molecule has 128 valence electrons. The Morgan fingerprint density at radius 2 is 1.96 bits per heavy atom. The summed E-state index contributed by atoms with van der Waals surface area (Å²) in [5.41, 5.74) is -1.67. The second kappa shape index (κ2) is 7.08. The normalized spacial score (nSPS) is 16.3. The van der Waals surface area contributed by atoms with Crippen molar-refractivity contribution in [2.45, 2.75) is 31.0 Å². The number of carbonyl (C=O) groups is 1. The summed E-state index contributed by atoms with van der Waals surface area (Å²) < 4.78 is 43.3. The Morgan fingerprint density at radius 1 is 1.26 bits per heavy atom. The standard InChI is InChI=1S/C15H19F3N2O3/c16-15(17,18)11-4-1-2-5-12(11)23-9-8-19-13(21)20-10-14(22)6-3-7-14/h1-2,4-5,22H,3,6-10H2,(H2,19,20,21). The molecule has 8 heteroatoms. The molecule has 2 amide bonds. The largest absolute Gasteiger partial charge is 0.491 e. The summed E-state index contributed by atoms with van der Waals surface area (Å²) in [5, 5.41) is 14.8. The van der Waals surface area contributed by atoms with Crippen LogP contribution in [0.25, 0.3) is 0 Å². The van der Waals surface area contributed by atoms with E-state index >= 15 is 0 Å². The molecule has 0 atom stereocenters. The first-order chi connectivity index (χ1) is 10.8. The number of hydrogen-bond acceptors (Lipinski definition) is 3. The van der Waals surface area contributed by atoms with Crippen LogP contribution in [-0.4, -0.2) is 36.4 Å². The van der Waals surface area contributed by atoms with E-state index in [4.69, 9.17) is 4.74 Å². The highest BCUT2D eigenvalue weighted by molar-refractivity contribution is 5.73. The molecule has 0 saturated heterocycles. The van der Waals surface area contributed by atoms with Gasteiger partial charge in [0.05, 0.1) is 17.7 Å². The van der Waals surface area contributed by atoms with Crippen molar-refractivity contribution in [3.8, 4) is 5.75 Å². The summed E-state index contributed by atoms with van der Waals surface area (Å²) in [4.78, 5) is 11.5. The Bertz CT molecular complexity index is 545. The zero-order chi connectivity index (χ0) is 16.9. The van der Waals surface area contributed by atoms with Gasteiger partial charge in [0.2, 0.25) is 0 Å². The van der Waals surface area contributed by atoms with Crippen molar-refractivity contribution in [3.05, 3.63) is 29.8 Å². The van der Waals surface area contributed by atoms with E-state index in [-0.39, 0.29) is 25.4 Å². The Labute approximate surface area is 131 Å². The zero-order valence-electron chi connectivity index (χ0n) is 12.4. The number of ether oxygens (including phenoxy) is 1. The topological polar surface area (TPSA) is 70.6 Å². The second-order valence-electron chi connectivity index (χ2n) is 5.53. The van der Waals surface area contributed by atoms with Gasteiger partial charge in [-0.25, -0.2) is 4.79 Å². The highest BCUT2D eigenvalue weighted by Crippen LogP contribution is 2.35. The summed E-state index contributed by atoms with van der Waals surface area (Å²) in [6.45, 7) is 0.123. The number of aliphatic hydroxyl groups is 1. The summed E-state index contributed by atoms with van der Waals surface area (Å²) >= 11 is 0. The molecule has 0 spiro atoms. The van der Waals surface area contributed by atoms with Gasteiger partial charge < -0.3 is 20.5 Å². The molecule has 1 aromatic carbocycles. The van der Waals surface area contributed by atoms with Gasteiger partial charge in [-0.05, 0) is 31.4 Å². The van der Waals surface area contributed by atoms with Crippen LogP contribution < -0.4 is 15.4 Å². The molecule has 2 rings (SSSR count). The number of rotatable bonds is 6. The first kappa shape index (κ1) is 17.4. The predicted molar refractivity (Wildman–Crippen MR) is 77.1 cm³/mol. The molecule has 0 heterocycles. The minimum absolute atomic E-state index is 0.0520. The van der Waals surface area contributed by atoms with Crippen molar-refractivity contribution < 1.29 is 27.8 Å². The summed E-state index contributed by atoms with van der Waals surface area (Å²) in [7, 11) is 0. The first-order valence-corrected chi connectivity index (χ1v) is 7.33. The number of nitrogens with one attached hydrogen (secondary N) is 2. The molecular weight excluding hydrogens is 313 g/mol. The lowest BCUT2D eigenvalue weighted by atomic mass is 9.80. The number of halogens is 3. The van der Waals surface area contributed by atoms with Crippen molar-refractivity contribution in [3.63, 3.8) is 0 Å². The minimum atomic E-state index is -4.49. The number of alkyl halides is 3. The van der Waals surface area contributed by atoms with E-state index in [0.717, 1.165) is 12.5 Å². The van der Waals surface area contributed by atoms with Gasteiger partial charge in [0.15, 0.2) is 0 Å². The fraction of sp³-hybridized carbons (Fsp3) is 0.533. The molecule has 0 aromatic heterocycles. The Morgan fingerprint density at radius 3 is 2.57 bits per heavy atom. The van der Waals surface area contributed by atoms with E-state index in [0.29, 0.717) is 12.8 Å². The average Bonchev–Trinajstić information content (AvgIpc) is 2.47. The Kier molecular flexibility index (Phi) is 5.35. The fourth-order valence-electron chi connectivity index (χ4n) is 2.22. The van der Waals surface area contributed by atoms with Crippen LogP contribution in [0, 0.1) is 0 Å². The lowest BCUT2D eigenvalue weighted by molar-refractivity contribution is -0.138. The van der Waals surface area contributed by atoms with Crippen LogP contribution in [0.1, 0.15) is 24.8 Å². The van der Waals surface area contributed by atoms with Gasteiger partial charge >= 0.3 is 12.2 Å². The maximum atomic E-state index is 12.8. The van der Waals surface area contributed by atoms with E-state index in [1.165, 1.54) is 18.2 Å². The maximum absolute atomic E-state index is 12.8. The molecule has 0 radical (unpaired) electrons. The fourth-order valence-corrected chi connectivity index (χ4v) is 2.22. The van der Waals surface area contributed by atoms with E-state index in [1.807, 2.05) is 0 Å². The molecular formula is C15H19F3N2O3.